The molecule has 0 aliphatic rings. The van der Waals surface area contributed by atoms with Crippen LogP contribution in [-0.4, -0.2) is 0 Å². The minimum atomic E-state index is 0. The molecule has 0 bridgehead atoms. The van der Waals surface area contributed by atoms with E-state index in [1.165, 1.54) is 5.56 Å². The molecule has 83 valence electrons. The molecule has 1 aromatic rings. The Hall–Kier alpha value is -1.11. The van der Waals surface area contributed by atoms with E-state index in [0.29, 0.717) is 0 Å². The molecule has 3 radical (unpaired) electrons. The summed E-state index contributed by atoms with van der Waals surface area (Å²) >= 11 is 0. The Kier molecular flexibility index (Phi) is 44.2. The van der Waals surface area contributed by atoms with E-state index in [9.17, 15) is 0 Å². The van der Waals surface area contributed by atoms with Gasteiger partial charge in [0.15, 0.2) is 0 Å². The molecule has 1 rings (SSSR count). The predicted molar refractivity (Wildman–Crippen MR) is 49.8 cm³/mol. The summed E-state index contributed by atoms with van der Waals surface area (Å²) in [5.41, 5.74) is 6.95. The Morgan fingerprint density at radius 2 is 1.38 bits per heavy atom. The van der Waals surface area contributed by atoms with Crippen LogP contribution in [0.5, 0.6) is 0 Å². The van der Waals surface area contributed by atoms with E-state index in [2.05, 4.69) is 20.2 Å². The van der Waals surface area contributed by atoms with E-state index in [0.717, 1.165) is 0 Å². The molecule has 0 heterocycles. The fourth-order valence-corrected chi connectivity index (χ4v) is 0.700. The van der Waals surface area contributed by atoms with Gasteiger partial charge in [-0.25, -0.2) is 0 Å². The minimum absolute atomic E-state index is 0. The van der Waals surface area contributed by atoms with Gasteiger partial charge in [-0.05, 0) is 25.3 Å². The molecule has 4 nitrogen and oxygen atoms in total. The van der Waals surface area contributed by atoms with Crippen LogP contribution in [0.1, 0.15) is 5.56 Å². The van der Waals surface area contributed by atoms with Crippen molar-refractivity contribution in [3.63, 3.8) is 0 Å². The smallest absolute Gasteiger partial charge is 0 e. The van der Waals surface area contributed by atoms with E-state index in [4.69, 9.17) is 19.5 Å². The molecule has 0 spiro atoms. The zero-order valence-electron chi connectivity index (χ0n) is 8.27. The molecule has 0 saturated heterocycles. The zero-order valence-corrected chi connectivity index (χ0v) is 9.38. The second-order valence-electron chi connectivity index (χ2n) is 1.81. The van der Waals surface area contributed by atoms with Crippen molar-refractivity contribution in [3.05, 3.63) is 69.0 Å². The molecule has 16 heavy (non-hydrogen) atoms. The largest absolute Gasteiger partial charge is 0.0622 e. The van der Waals surface area contributed by atoms with Crippen molar-refractivity contribution in [2.45, 2.75) is 0 Å². The molecule has 0 fully saturated rings. The molecule has 0 aromatic heterocycles. The number of hydrogen-bond donors (Lipinski definition) is 0. The quantitative estimate of drug-likeness (QED) is 0.454. The number of hydrogen-bond acceptors (Lipinski definition) is 1. The Bertz CT molecular complexity index is 255. The maximum absolute atomic E-state index is 7.50. The van der Waals surface area contributed by atoms with Crippen LogP contribution < -0.4 is 0 Å². The van der Waals surface area contributed by atoms with Gasteiger partial charge in [0.1, 0.15) is 0 Å². The third-order valence-electron chi connectivity index (χ3n) is 1.11. The van der Waals surface area contributed by atoms with E-state index in [1.54, 1.807) is 6.42 Å². The van der Waals surface area contributed by atoms with Gasteiger partial charge in [-0.2, -0.15) is 0 Å². The average molecular weight is 259 g/mol. The van der Waals surface area contributed by atoms with Crippen LogP contribution in [-0.2, 0) is 31.1 Å². The average Bonchev–Trinajstić information content (AvgIpc) is 2.38. The number of rotatable bonds is 2. The second kappa shape index (κ2) is 29.2. The van der Waals surface area contributed by atoms with Crippen molar-refractivity contribution in [3.8, 4) is 0 Å². The van der Waals surface area contributed by atoms with Crippen LogP contribution in [0.2, 0.25) is 0 Å². The minimum Gasteiger partial charge on any atom is -0.0622 e. The molecule has 0 amide bonds. The zero-order chi connectivity index (χ0) is 12.5. The van der Waals surface area contributed by atoms with Crippen LogP contribution >= 0.6 is 0 Å². The fourth-order valence-electron chi connectivity index (χ4n) is 0.700. The molecule has 0 N–H and O–H groups in total. The van der Waals surface area contributed by atoms with Crippen LogP contribution in [0.3, 0.4) is 0 Å². The Balaban J connectivity index is -0.0000000900. The van der Waals surface area contributed by atoms with Crippen molar-refractivity contribution >= 4 is 0 Å². The van der Waals surface area contributed by atoms with Gasteiger partial charge in [-0.3, -0.25) is 0 Å². The van der Waals surface area contributed by atoms with Crippen LogP contribution in [0.15, 0.2) is 30.3 Å². The first-order valence-corrected chi connectivity index (χ1v) is 3.53. The first-order chi connectivity index (χ1) is 7.43. The third-order valence-corrected chi connectivity index (χ3v) is 1.11. The van der Waals surface area contributed by atoms with Crippen molar-refractivity contribution in [2.24, 2.45) is 0 Å². The summed E-state index contributed by atoms with van der Waals surface area (Å²) in [5.74, 6) is 0. The molecular weight excluding hydrogens is 250 g/mol. The van der Waals surface area contributed by atoms with Gasteiger partial charge in [0.05, 0.1) is 0 Å². The van der Waals surface area contributed by atoms with Gasteiger partial charge >= 0.3 is 32.8 Å². The maximum Gasteiger partial charge on any atom is 0 e. The summed E-state index contributed by atoms with van der Waals surface area (Å²) in [6.07, 6.45) is 3.76. The molecule has 0 saturated carbocycles. The van der Waals surface area contributed by atoms with E-state index in [-0.39, 0.29) is 17.1 Å². The topological polar surface area (TPSA) is 83.5 Å². The SMILES string of the molecule is N#[O+].[C-]#[O+].[C-]#[O+].[CH2][CH][CH]c1ccccc1.[Fe]. The monoisotopic (exact) mass is 259 g/mol. The predicted octanol–water partition coefficient (Wildman–Crippen LogP) is 2.10. The Morgan fingerprint density at radius 3 is 1.69 bits per heavy atom. The van der Waals surface area contributed by atoms with Gasteiger partial charge < -0.3 is 0 Å². The summed E-state index contributed by atoms with van der Waals surface area (Å²) in [6.45, 7) is 12.6. The van der Waals surface area contributed by atoms with E-state index < -0.39 is 0 Å². The molecule has 5 heteroatoms. The summed E-state index contributed by atoms with van der Waals surface area (Å²) in [4.78, 5) is 0. The maximum atomic E-state index is 7.50. The molecule has 0 atom stereocenters. The van der Waals surface area contributed by atoms with Gasteiger partial charge in [-0.15, -0.1) is 0 Å². The summed E-state index contributed by atoms with van der Waals surface area (Å²) in [7, 11) is 0. The third kappa shape index (κ3) is 18.6. The van der Waals surface area contributed by atoms with Crippen molar-refractivity contribution in [1.82, 2.24) is 0 Å². The van der Waals surface area contributed by atoms with Crippen molar-refractivity contribution in [1.29, 1.82) is 5.46 Å². The van der Waals surface area contributed by atoms with Crippen molar-refractivity contribution < 1.29 is 31.1 Å². The Labute approximate surface area is 106 Å². The summed E-state index contributed by atoms with van der Waals surface area (Å²) in [5, 5.41) is 0. The van der Waals surface area contributed by atoms with E-state index >= 15 is 0 Å². The van der Waals surface area contributed by atoms with Gasteiger partial charge in [0, 0.05) is 17.1 Å². The summed E-state index contributed by atoms with van der Waals surface area (Å²) in [6, 6.07) is 10.1. The molecule has 0 unspecified atom stereocenters. The standard InChI is InChI=1S/C9H9.2CO.Fe.NO/c1-2-6-9-7-4-3-5-8-9;2*1-2;;1-2/h2-8H,1H2;;;;/q;;;;+1. The van der Waals surface area contributed by atoms with Crippen LogP contribution in [0, 0.1) is 38.5 Å². The second-order valence-corrected chi connectivity index (χ2v) is 1.81. The van der Waals surface area contributed by atoms with Gasteiger partial charge in [-0.1, -0.05) is 30.3 Å². The Morgan fingerprint density at radius 1 is 1.00 bits per heavy atom. The normalized spacial score (nSPS) is 5.69. The first kappa shape index (κ1) is 24.2. The number of nitrogens with zero attached hydrogens (tertiary/aromatic N) is 1. The number of benzene rings is 1. The van der Waals surface area contributed by atoms with E-state index in [1.807, 2.05) is 36.8 Å². The van der Waals surface area contributed by atoms with Crippen LogP contribution in [0.25, 0.3) is 0 Å². The molecule has 0 aliphatic heterocycles. The van der Waals surface area contributed by atoms with Gasteiger partial charge in [0.2, 0.25) is 0 Å². The van der Waals surface area contributed by atoms with Crippen LogP contribution in [0.4, 0.5) is 0 Å². The van der Waals surface area contributed by atoms with Crippen molar-refractivity contribution in [2.75, 3.05) is 0 Å². The fraction of sp³-hybridized carbons (Fsp3) is 0. The molecule has 1 aromatic carbocycles. The van der Waals surface area contributed by atoms with Gasteiger partial charge in [0.25, 0.3) is 0 Å². The molecule has 0 aliphatic carbocycles. The summed E-state index contributed by atoms with van der Waals surface area (Å²) < 4.78 is 22.2. The molecular formula is C11H9FeNO3+. The first-order valence-electron chi connectivity index (χ1n) is 3.53.